The Kier molecular flexibility index (Phi) is 3.26. The highest BCUT2D eigenvalue weighted by molar-refractivity contribution is 6.25. The van der Waals surface area contributed by atoms with E-state index in [1.54, 1.807) is 6.92 Å². The van der Waals surface area contributed by atoms with Gasteiger partial charge in [0.15, 0.2) is 11.5 Å². The van der Waals surface area contributed by atoms with Crippen molar-refractivity contribution >= 4 is 17.7 Å². The topological polar surface area (TPSA) is 130 Å². The maximum atomic E-state index is 13.0. The molecule has 0 aromatic rings. The molecule has 2 saturated heterocycles. The van der Waals surface area contributed by atoms with Crippen molar-refractivity contribution in [2.24, 2.45) is 11.7 Å². The number of fused-ring (bicyclic) bond motifs is 4. The summed E-state index contributed by atoms with van der Waals surface area (Å²) in [5.74, 6) is -1.27. The van der Waals surface area contributed by atoms with Crippen LogP contribution in [0.4, 0.5) is 4.79 Å². The lowest BCUT2D eigenvalue weighted by molar-refractivity contribution is -0.137. The van der Waals surface area contributed by atoms with Crippen LogP contribution in [0.2, 0.25) is 0 Å². The monoisotopic (exact) mass is 349 g/mol. The molecule has 0 aromatic heterocycles. The lowest BCUT2D eigenvalue weighted by atomic mass is 9.83. The van der Waals surface area contributed by atoms with Gasteiger partial charge in [-0.05, 0) is 6.92 Å². The van der Waals surface area contributed by atoms with Crippen molar-refractivity contribution < 1.29 is 28.6 Å². The first-order valence-corrected chi connectivity index (χ1v) is 7.98. The maximum Gasteiger partial charge on any atom is 0.404 e. The number of Topliss-reactive ketones (excluding diaryl/α,β-unsaturated/α-hetero) is 2. The summed E-state index contributed by atoms with van der Waals surface area (Å²) in [6.07, 6.45) is -0.946. The average Bonchev–Trinajstić information content (AvgIpc) is 3.18. The molecule has 0 saturated carbocycles. The fourth-order valence-electron chi connectivity index (χ4n) is 4.51. The quantitative estimate of drug-likeness (QED) is 0.490. The van der Waals surface area contributed by atoms with Crippen molar-refractivity contribution in [3.8, 4) is 0 Å². The molecule has 1 amide bonds. The van der Waals surface area contributed by atoms with Crippen LogP contribution in [0.15, 0.2) is 22.6 Å². The number of piperazine rings is 1. The molecule has 3 heterocycles. The highest BCUT2D eigenvalue weighted by Crippen LogP contribution is 2.55. The molecule has 0 bridgehead atoms. The van der Waals surface area contributed by atoms with Gasteiger partial charge in [0.2, 0.25) is 11.6 Å². The minimum atomic E-state index is -0.959. The fraction of sp³-hybridized carbons (Fsp3) is 0.562. The summed E-state index contributed by atoms with van der Waals surface area (Å²) in [6, 6.07) is 0.109. The zero-order chi connectivity index (χ0) is 18.1. The third-order valence-electron chi connectivity index (χ3n) is 5.58. The first-order valence-electron chi connectivity index (χ1n) is 7.98. The van der Waals surface area contributed by atoms with Crippen LogP contribution in [0.3, 0.4) is 0 Å². The molecule has 25 heavy (non-hydrogen) atoms. The number of rotatable bonds is 4. The summed E-state index contributed by atoms with van der Waals surface area (Å²) in [7, 11) is 2.88. The van der Waals surface area contributed by atoms with Gasteiger partial charge in [-0.1, -0.05) is 0 Å². The standard InChI is InChI=1S/C16H19N3O6/c1-6-11(20)10-9(12(21)13(6)23-2)7(5-25-15(17)22)16(24-3)14-8(18-14)4-19(10)16/h7-8,14,18H,4-5H2,1-3H3,(H2,17,22)/t7?,8?,14?,16-/m1/s1. The predicted molar refractivity (Wildman–Crippen MR) is 82.9 cm³/mol. The highest BCUT2D eigenvalue weighted by atomic mass is 16.6. The lowest BCUT2D eigenvalue weighted by Crippen LogP contribution is -2.55. The third kappa shape index (κ3) is 1.82. The summed E-state index contributed by atoms with van der Waals surface area (Å²) in [4.78, 5) is 38.9. The van der Waals surface area contributed by atoms with Crippen LogP contribution in [0.5, 0.6) is 0 Å². The van der Waals surface area contributed by atoms with E-state index in [1.165, 1.54) is 14.2 Å². The number of methoxy groups -OCH3 is 2. The molecule has 4 aliphatic rings. The Morgan fingerprint density at radius 2 is 2.08 bits per heavy atom. The molecule has 3 unspecified atom stereocenters. The zero-order valence-electron chi connectivity index (χ0n) is 14.1. The van der Waals surface area contributed by atoms with Crippen molar-refractivity contribution in [2.45, 2.75) is 24.7 Å². The van der Waals surface area contributed by atoms with Gasteiger partial charge in [-0.25, -0.2) is 4.79 Å². The molecule has 3 aliphatic heterocycles. The van der Waals surface area contributed by atoms with Gasteiger partial charge in [0.05, 0.1) is 24.8 Å². The molecule has 0 radical (unpaired) electrons. The van der Waals surface area contributed by atoms with Crippen LogP contribution >= 0.6 is 0 Å². The Balaban J connectivity index is 1.84. The number of nitrogens with two attached hydrogens (primary N) is 1. The van der Waals surface area contributed by atoms with Gasteiger partial charge in [0.1, 0.15) is 6.61 Å². The molecule has 9 heteroatoms. The molecule has 2 fully saturated rings. The van der Waals surface area contributed by atoms with E-state index in [4.69, 9.17) is 19.9 Å². The molecule has 1 aliphatic carbocycles. The molecule has 0 aromatic carbocycles. The minimum Gasteiger partial charge on any atom is -0.492 e. The summed E-state index contributed by atoms with van der Waals surface area (Å²) in [5.41, 5.74) is 5.00. The Hall–Kier alpha value is -2.39. The van der Waals surface area contributed by atoms with Gasteiger partial charge in [-0.3, -0.25) is 9.59 Å². The van der Waals surface area contributed by atoms with Gasteiger partial charge >= 0.3 is 6.09 Å². The lowest BCUT2D eigenvalue weighted by Gasteiger charge is -2.39. The molecule has 9 nitrogen and oxygen atoms in total. The fourth-order valence-corrected chi connectivity index (χ4v) is 4.51. The van der Waals surface area contributed by atoms with Crippen molar-refractivity contribution in [1.82, 2.24) is 10.2 Å². The number of amides is 1. The number of ether oxygens (including phenoxy) is 3. The van der Waals surface area contributed by atoms with E-state index in [2.05, 4.69) is 5.32 Å². The Labute approximate surface area is 143 Å². The highest BCUT2D eigenvalue weighted by Gasteiger charge is 2.72. The summed E-state index contributed by atoms with van der Waals surface area (Å²) in [5, 5.41) is 3.29. The number of hydrogen-bond donors (Lipinski definition) is 2. The number of nitrogens with zero attached hydrogens (tertiary/aromatic N) is 1. The molecule has 4 rings (SSSR count). The molecule has 0 spiro atoms. The molecule has 3 N–H and O–H groups in total. The van der Waals surface area contributed by atoms with E-state index in [0.29, 0.717) is 12.2 Å². The van der Waals surface area contributed by atoms with Crippen molar-refractivity contribution in [3.63, 3.8) is 0 Å². The van der Waals surface area contributed by atoms with Crippen LogP contribution in [-0.4, -0.2) is 67.7 Å². The third-order valence-corrected chi connectivity index (χ3v) is 5.58. The molecular formula is C16H19N3O6. The summed E-state index contributed by atoms with van der Waals surface area (Å²) >= 11 is 0. The first kappa shape index (κ1) is 16.1. The van der Waals surface area contributed by atoms with Crippen molar-refractivity contribution in [3.05, 3.63) is 22.6 Å². The summed E-state index contributed by atoms with van der Waals surface area (Å²) in [6.45, 7) is 1.96. The maximum absolute atomic E-state index is 13.0. The minimum absolute atomic E-state index is 0.0144. The van der Waals surface area contributed by atoms with Gasteiger partial charge < -0.3 is 30.2 Å². The predicted octanol–water partition coefficient (Wildman–Crippen LogP) is -0.963. The van der Waals surface area contributed by atoms with E-state index < -0.39 is 17.7 Å². The average molecular weight is 349 g/mol. The van der Waals surface area contributed by atoms with E-state index in [-0.39, 0.29) is 47.2 Å². The van der Waals surface area contributed by atoms with E-state index in [9.17, 15) is 14.4 Å². The van der Waals surface area contributed by atoms with Gasteiger partial charge in [0, 0.05) is 30.8 Å². The van der Waals surface area contributed by atoms with Gasteiger partial charge in [-0.15, -0.1) is 0 Å². The second-order valence-electron chi connectivity index (χ2n) is 6.58. The van der Waals surface area contributed by atoms with Crippen LogP contribution in [0.1, 0.15) is 6.92 Å². The molecule has 134 valence electrons. The smallest absolute Gasteiger partial charge is 0.404 e. The molecule has 4 atom stereocenters. The van der Waals surface area contributed by atoms with Crippen LogP contribution < -0.4 is 11.1 Å². The number of carbonyl (C=O) groups excluding carboxylic acids is 3. The van der Waals surface area contributed by atoms with Crippen molar-refractivity contribution in [1.29, 1.82) is 0 Å². The number of allylic oxidation sites excluding steroid dienone is 2. The molecular weight excluding hydrogens is 330 g/mol. The van der Waals surface area contributed by atoms with E-state index >= 15 is 0 Å². The Bertz CT molecular complexity index is 772. The summed E-state index contributed by atoms with van der Waals surface area (Å²) < 4.78 is 16.0. The number of primary amides is 1. The van der Waals surface area contributed by atoms with Gasteiger partial charge in [0.25, 0.3) is 0 Å². The zero-order valence-corrected chi connectivity index (χ0v) is 14.1. The number of hydrogen-bond acceptors (Lipinski definition) is 8. The second-order valence-corrected chi connectivity index (χ2v) is 6.58. The van der Waals surface area contributed by atoms with E-state index in [1.807, 2.05) is 4.90 Å². The van der Waals surface area contributed by atoms with Crippen LogP contribution in [0, 0.1) is 5.92 Å². The SMILES string of the molecule is COC1=C(C)C(=O)C2=C(C1=O)C(COC(N)=O)[C@@]1(OC)C3NC3CN21. The second kappa shape index (κ2) is 5.06. The first-order chi connectivity index (χ1) is 11.9. The van der Waals surface area contributed by atoms with Crippen LogP contribution in [-0.2, 0) is 23.8 Å². The van der Waals surface area contributed by atoms with Gasteiger partial charge in [-0.2, -0.15) is 0 Å². The number of nitrogens with one attached hydrogen (secondary N) is 1. The Morgan fingerprint density at radius 1 is 1.36 bits per heavy atom. The number of carbonyl (C=O) groups is 3. The van der Waals surface area contributed by atoms with Crippen LogP contribution in [0.25, 0.3) is 0 Å². The van der Waals surface area contributed by atoms with Crippen molar-refractivity contribution in [2.75, 3.05) is 27.4 Å². The Morgan fingerprint density at radius 3 is 2.68 bits per heavy atom. The largest absolute Gasteiger partial charge is 0.492 e. The normalized spacial score (nSPS) is 35.6. The number of ketones is 2. The van der Waals surface area contributed by atoms with E-state index in [0.717, 1.165) is 0 Å².